The van der Waals surface area contributed by atoms with Crippen LogP contribution in [0.25, 0.3) is 0 Å². The van der Waals surface area contributed by atoms with Gasteiger partial charge < -0.3 is 0 Å². The zero-order valence-electron chi connectivity index (χ0n) is 8.95. The van der Waals surface area contributed by atoms with Gasteiger partial charge >= 0.3 is 12.4 Å². The first-order valence-corrected chi connectivity index (χ1v) is 7.78. The molecule has 0 amide bonds. The van der Waals surface area contributed by atoms with Crippen LogP contribution in [0.4, 0.5) is 35.9 Å². The van der Waals surface area contributed by atoms with E-state index in [1.54, 1.807) is 0 Å². The molecular formula is C6H4F6O4S4. The van der Waals surface area contributed by atoms with E-state index >= 15 is 0 Å². The summed E-state index contributed by atoms with van der Waals surface area (Å²) in [5, 5.41) is 0. The normalized spacial score (nSPS) is 12.5. The third kappa shape index (κ3) is 14.6. The smallest absolute Gasteiger partial charge is 0.298 e. The molecule has 0 saturated carbocycles. The minimum absolute atomic E-state index is 0.126. The van der Waals surface area contributed by atoms with Gasteiger partial charge in [-0.1, -0.05) is 0 Å². The van der Waals surface area contributed by atoms with Crippen molar-refractivity contribution in [2.45, 2.75) is 12.4 Å². The quantitative estimate of drug-likeness (QED) is 0.380. The first-order chi connectivity index (χ1) is 8.99. The summed E-state index contributed by atoms with van der Waals surface area (Å²) >= 11 is -0.251. The highest BCUT2D eigenvalue weighted by atomic mass is 33.1. The van der Waals surface area contributed by atoms with Gasteiger partial charge in [-0.25, -0.2) is 0 Å². The van der Waals surface area contributed by atoms with Gasteiger partial charge in [0.1, 0.15) is 0 Å². The first kappa shape index (κ1) is 20.2. The molecule has 0 radical (unpaired) electrons. The molecular weight excluding hydrogens is 378 g/mol. The lowest BCUT2D eigenvalue weighted by molar-refractivity contribution is -0.151. The second-order valence-electron chi connectivity index (χ2n) is 2.59. The van der Waals surface area contributed by atoms with E-state index in [2.05, 4.69) is 8.37 Å². The van der Waals surface area contributed by atoms with Gasteiger partial charge in [0.15, 0.2) is 13.2 Å². The van der Waals surface area contributed by atoms with Crippen LogP contribution in [0.15, 0.2) is 0 Å². The molecule has 0 saturated heterocycles. The van der Waals surface area contributed by atoms with Crippen molar-refractivity contribution in [3.05, 3.63) is 0 Å². The Bertz CT molecular complexity index is 300. The molecule has 0 aliphatic carbocycles. The molecule has 0 aromatic carbocycles. The Morgan fingerprint density at radius 1 is 0.750 bits per heavy atom. The summed E-state index contributed by atoms with van der Waals surface area (Å²) in [6, 6.07) is 0. The number of hydrogen-bond donors (Lipinski definition) is 0. The number of carbonyl (C=O) groups excluding carboxylic acids is 2. The molecule has 0 aliphatic heterocycles. The largest absolute Gasteiger partial charge is 0.413 e. The number of rotatable bonds is 4. The molecule has 0 rings (SSSR count). The predicted octanol–water partition coefficient (Wildman–Crippen LogP) is 5.06. The van der Waals surface area contributed by atoms with Crippen molar-refractivity contribution >= 4 is 54.6 Å². The average Bonchev–Trinajstić information content (AvgIpc) is 2.22. The number of halogens is 6. The van der Waals surface area contributed by atoms with Crippen molar-refractivity contribution in [3.8, 4) is 0 Å². The Hall–Kier alpha value is 0.240. The minimum Gasteiger partial charge on any atom is -0.298 e. The lowest BCUT2D eigenvalue weighted by Crippen LogP contribution is -2.14. The molecule has 0 heterocycles. The summed E-state index contributed by atoms with van der Waals surface area (Å²) in [6.07, 6.45) is -9.19. The standard InChI is InChI=1S/C6H4F6O4S4/c7-5(8,9)1-15-17-3(13)19-20-4(14)18-16-2-6(10,11)12/h1-2H2. The summed E-state index contributed by atoms with van der Waals surface area (Å²) < 4.78 is 75.7. The first-order valence-electron chi connectivity index (χ1n) is 4.14. The Kier molecular flexibility index (Phi) is 9.41. The van der Waals surface area contributed by atoms with Crippen molar-refractivity contribution in [1.82, 2.24) is 0 Å². The van der Waals surface area contributed by atoms with Gasteiger partial charge in [0, 0.05) is 21.6 Å². The molecule has 0 atom stereocenters. The van der Waals surface area contributed by atoms with E-state index in [0.717, 1.165) is 0 Å². The van der Waals surface area contributed by atoms with Gasteiger partial charge in [0.2, 0.25) is 0 Å². The Morgan fingerprint density at radius 2 is 1.05 bits per heavy atom. The second kappa shape index (κ2) is 9.30. The summed E-state index contributed by atoms with van der Waals surface area (Å²) in [5.74, 6) is 0. The van der Waals surface area contributed by atoms with Gasteiger partial charge in [-0.3, -0.25) is 18.0 Å². The van der Waals surface area contributed by atoms with E-state index in [1.807, 2.05) is 0 Å². The van der Waals surface area contributed by atoms with Crippen molar-refractivity contribution < 1.29 is 44.3 Å². The highest BCUT2D eigenvalue weighted by Gasteiger charge is 2.29. The average molecular weight is 382 g/mol. The van der Waals surface area contributed by atoms with Crippen molar-refractivity contribution in [1.29, 1.82) is 0 Å². The topological polar surface area (TPSA) is 52.6 Å². The Balaban J connectivity index is 3.66. The highest BCUT2D eigenvalue weighted by Crippen LogP contribution is 2.35. The van der Waals surface area contributed by atoms with E-state index in [-0.39, 0.29) is 45.7 Å². The van der Waals surface area contributed by atoms with Crippen LogP contribution >= 0.6 is 45.7 Å². The summed E-state index contributed by atoms with van der Waals surface area (Å²) in [4.78, 5) is 21.8. The van der Waals surface area contributed by atoms with Gasteiger partial charge in [-0.15, -0.1) is 0 Å². The zero-order valence-corrected chi connectivity index (χ0v) is 12.2. The van der Waals surface area contributed by atoms with Crippen LogP contribution < -0.4 is 0 Å². The van der Waals surface area contributed by atoms with Crippen LogP contribution in [0, 0.1) is 0 Å². The molecule has 0 aliphatic rings. The molecule has 20 heavy (non-hydrogen) atoms. The maximum absolute atomic E-state index is 11.6. The van der Waals surface area contributed by atoms with Crippen molar-refractivity contribution in [2.24, 2.45) is 0 Å². The summed E-state index contributed by atoms with van der Waals surface area (Å²) in [6.45, 7) is -3.29. The SMILES string of the molecule is O=C(SOCC(F)(F)F)SSC(=O)SOCC(F)(F)F. The maximum atomic E-state index is 11.6. The molecule has 0 aromatic rings. The van der Waals surface area contributed by atoms with E-state index in [0.29, 0.717) is 0 Å². The third-order valence-corrected chi connectivity index (χ3v) is 4.68. The lowest BCUT2D eigenvalue weighted by atomic mass is 10.7. The number of alkyl halides is 6. The predicted molar refractivity (Wildman–Crippen MR) is 65.2 cm³/mol. The van der Waals surface area contributed by atoms with Crippen LogP contribution in [0.3, 0.4) is 0 Å². The van der Waals surface area contributed by atoms with E-state index < -0.39 is 34.5 Å². The minimum atomic E-state index is -4.60. The second-order valence-corrected chi connectivity index (χ2v) is 6.73. The number of hydrogen-bond acceptors (Lipinski definition) is 8. The molecule has 0 fully saturated rings. The molecule has 0 spiro atoms. The van der Waals surface area contributed by atoms with Gasteiger partial charge in [-0.05, 0) is 0 Å². The van der Waals surface area contributed by atoms with Crippen LogP contribution in [-0.2, 0) is 8.37 Å². The molecule has 0 bridgehead atoms. The maximum Gasteiger partial charge on any atom is 0.413 e. The molecule has 14 heteroatoms. The van der Waals surface area contributed by atoms with Crippen molar-refractivity contribution in [3.63, 3.8) is 0 Å². The Morgan fingerprint density at radius 3 is 1.30 bits per heavy atom. The fraction of sp³-hybridized carbons (Fsp3) is 0.667. The molecule has 0 unspecified atom stereocenters. The Labute approximate surface area is 124 Å². The van der Waals surface area contributed by atoms with E-state index in [9.17, 15) is 35.9 Å². The summed E-state index contributed by atoms with van der Waals surface area (Å²) in [5.41, 5.74) is 0. The van der Waals surface area contributed by atoms with Gasteiger partial charge in [-0.2, -0.15) is 26.3 Å². The van der Waals surface area contributed by atoms with Crippen molar-refractivity contribution in [2.75, 3.05) is 13.2 Å². The highest BCUT2D eigenvalue weighted by molar-refractivity contribution is 8.92. The third-order valence-electron chi connectivity index (χ3n) is 0.877. The fourth-order valence-corrected chi connectivity index (χ4v) is 3.13. The van der Waals surface area contributed by atoms with Gasteiger partial charge in [0.05, 0.1) is 24.1 Å². The molecule has 0 aromatic heterocycles. The fourth-order valence-electron chi connectivity index (χ4n) is 0.385. The molecule has 4 nitrogen and oxygen atoms in total. The van der Waals surface area contributed by atoms with Crippen LogP contribution in [0.2, 0.25) is 0 Å². The lowest BCUT2D eigenvalue weighted by Gasteiger charge is -2.05. The number of carbonyl (C=O) groups is 2. The van der Waals surface area contributed by atoms with Crippen LogP contribution in [0.5, 0.6) is 0 Å². The zero-order chi connectivity index (χ0) is 15.8. The van der Waals surface area contributed by atoms with Crippen LogP contribution in [-0.4, -0.2) is 34.5 Å². The van der Waals surface area contributed by atoms with Gasteiger partial charge in [0.25, 0.3) is 8.89 Å². The monoisotopic (exact) mass is 382 g/mol. The van der Waals surface area contributed by atoms with E-state index in [4.69, 9.17) is 0 Å². The summed E-state index contributed by atoms with van der Waals surface area (Å²) in [7, 11) is 0.420. The van der Waals surface area contributed by atoms with Crippen LogP contribution in [0.1, 0.15) is 0 Å². The van der Waals surface area contributed by atoms with E-state index in [1.165, 1.54) is 0 Å². The molecule has 0 N–H and O–H groups in total. The molecule has 118 valence electrons.